The number of anilines is 4. The van der Waals surface area contributed by atoms with Crippen LogP contribution in [-0.2, 0) is 0 Å². The zero-order valence-electron chi connectivity index (χ0n) is 16.9. The van der Waals surface area contributed by atoms with Gasteiger partial charge in [-0.05, 0) is 84.9 Å². The molecule has 0 spiro atoms. The van der Waals surface area contributed by atoms with Gasteiger partial charge in [-0.1, -0.05) is 0 Å². The zero-order chi connectivity index (χ0) is 22.3. The number of nitrogens with one attached hydrogen (secondary N) is 2. The Morgan fingerprint density at radius 3 is 2.12 bits per heavy atom. The van der Waals surface area contributed by atoms with Crippen LogP contribution in [0, 0.1) is 5.82 Å². The van der Waals surface area contributed by atoms with Crippen molar-refractivity contribution in [3.8, 4) is 5.75 Å². The summed E-state index contributed by atoms with van der Waals surface area (Å²) >= 11 is 0. The molecule has 0 fully saturated rings. The van der Waals surface area contributed by atoms with Gasteiger partial charge in [0.1, 0.15) is 23.2 Å². The van der Waals surface area contributed by atoms with Crippen molar-refractivity contribution in [1.82, 2.24) is 9.97 Å². The van der Waals surface area contributed by atoms with Gasteiger partial charge >= 0.3 is 0 Å². The number of hydrogen-bond donors (Lipinski definition) is 3. The highest BCUT2D eigenvalue weighted by Crippen LogP contribution is 2.23. The Hall–Kier alpha value is -4.52. The van der Waals surface area contributed by atoms with Gasteiger partial charge in [0.05, 0.1) is 5.56 Å². The lowest BCUT2D eigenvalue weighted by Gasteiger charge is -2.10. The molecule has 0 saturated heterocycles. The van der Waals surface area contributed by atoms with E-state index in [0.717, 1.165) is 0 Å². The average molecular weight is 426 g/mol. The summed E-state index contributed by atoms with van der Waals surface area (Å²) in [6, 6.07) is 19.4. The minimum absolute atomic E-state index is 0.150. The Morgan fingerprint density at radius 1 is 0.812 bits per heavy atom. The number of benzene rings is 2. The van der Waals surface area contributed by atoms with E-state index in [-0.39, 0.29) is 17.3 Å². The van der Waals surface area contributed by atoms with Crippen molar-refractivity contribution in [2.75, 3.05) is 10.6 Å². The molecule has 2 aromatic carbocycles. The number of pyridine rings is 2. The van der Waals surface area contributed by atoms with Crippen molar-refractivity contribution in [2.45, 2.75) is 0 Å². The van der Waals surface area contributed by atoms with Crippen molar-refractivity contribution in [3.63, 3.8) is 0 Å². The smallest absolute Gasteiger partial charge is 0.189 e. The first-order valence-corrected chi connectivity index (χ1v) is 9.79. The van der Waals surface area contributed by atoms with Crippen LogP contribution in [0.2, 0.25) is 0 Å². The number of ketones is 1. The van der Waals surface area contributed by atoms with Crippen molar-refractivity contribution in [2.24, 2.45) is 0 Å². The Morgan fingerprint density at radius 2 is 1.41 bits per heavy atom. The van der Waals surface area contributed by atoms with Crippen LogP contribution in [0.5, 0.6) is 5.75 Å². The molecule has 0 radical (unpaired) electrons. The van der Waals surface area contributed by atoms with Crippen LogP contribution < -0.4 is 10.6 Å². The minimum Gasteiger partial charge on any atom is -0.508 e. The van der Waals surface area contributed by atoms with Gasteiger partial charge in [-0.3, -0.25) is 4.79 Å². The van der Waals surface area contributed by atoms with Gasteiger partial charge in [0.25, 0.3) is 0 Å². The van der Waals surface area contributed by atoms with Gasteiger partial charge in [0, 0.05) is 29.3 Å². The summed E-state index contributed by atoms with van der Waals surface area (Å²) in [5, 5.41) is 15.7. The van der Waals surface area contributed by atoms with Gasteiger partial charge in [0.15, 0.2) is 5.78 Å². The fourth-order valence-corrected chi connectivity index (χ4v) is 2.97. The summed E-state index contributed by atoms with van der Waals surface area (Å²) in [5.41, 5.74) is 2.46. The molecule has 0 bridgehead atoms. The Labute approximate surface area is 184 Å². The number of nitrogens with zero attached hydrogens (tertiary/aromatic N) is 2. The fraction of sp³-hybridized carbons (Fsp3) is 0. The average Bonchev–Trinajstić information content (AvgIpc) is 2.81. The van der Waals surface area contributed by atoms with Crippen molar-refractivity contribution in [1.29, 1.82) is 0 Å². The molecular weight excluding hydrogens is 407 g/mol. The highest BCUT2D eigenvalue weighted by Gasteiger charge is 2.11. The van der Waals surface area contributed by atoms with Crippen molar-refractivity contribution >= 4 is 34.9 Å². The molecule has 7 heteroatoms. The molecule has 3 N–H and O–H groups in total. The number of aromatic nitrogens is 2. The lowest BCUT2D eigenvalue weighted by Crippen LogP contribution is -2.03. The third kappa shape index (κ3) is 5.14. The zero-order valence-corrected chi connectivity index (χ0v) is 16.9. The number of phenolic OH excluding ortho intramolecular Hbond substituents is 1. The highest BCUT2D eigenvalue weighted by molar-refractivity contribution is 6.10. The SMILES string of the molecule is O=C(C=Cc1cccnc1Nc1ccc(F)cc1)c1cccnc1Nc1ccc(O)cc1. The number of carbonyl (C=O) groups excluding carboxylic acids is 1. The molecule has 0 atom stereocenters. The molecule has 2 aromatic heterocycles. The largest absolute Gasteiger partial charge is 0.508 e. The maximum absolute atomic E-state index is 13.2. The topological polar surface area (TPSA) is 87.1 Å². The van der Waals surface area contributed by atoms with Crippen LogP contribution in [0.4, 0.5) is 27.4 Å². The van der Waals surface area contributed by atoms with Crippen LogP contribution in [-0.4, -0.2) is 20.9 Å². The second kappa shape index (κ2) is 9.53. The van der Waals surface area contributed by atoms with Crippen molar-refractivity contribution in [3.05, 3.63) is 108 Å². The predicted molar refractivity (Wildman–Crippen MR) is 123 cm³/mol. The van der Waals surface area contributed by atoms with Gasteiger partial charge in [0.2, 0.25) is 0 Å². The van der Waals surface area contributed by atoms with E-state index in [1.54, 1.807) is 73.1 Å². The van der Waals surface area contributed by atoms with Crippen LogP contribution in [0.15, 0.2) is 91.3 Å². The lowest BCUT2D eigenvalue weighted by atomic mass is 10.1. The molecule has 0 aliphatic carbocycles. The van der Waals surface area contributed by atoms with E-state index in [1.807, 2.05) is 6.07 Å². The van der Waals surface area contributed by atoms with E-state index in [0.29, 0.717) is 34.1 Å². The number of hydrogen-bond acceptors (Lipinski definition) is 6. The maximum atomic E-state index is 13.2. The van der Waals surface area contributed by atoms with E-state index < -0.39 is 0 Å². The Balaban J connectivity index is 1.54. The Bertz CT molecular complexity index is 1260. The molecule has 0 aliphatic heterocycles. The summed E-state index contributed by atoms with van der Waals surface area (Å²) in [5.74, 6) is 0.532. The number of rotatable bonds is 7. The van der Waals surface area contributed by atoms with Gasteiger partial charge in [-0.15, -0.1) is 0 Å². The molecule has 158 valence electrons. The normalized spacial score (nSPS) is 10.8. The first-order chi connectivity index (χ1) is 15.6. The molecule has 0 saturated carbocycles. The number of allylic oxidation sites excluding steroid dienone is 1. The first kappa shape index (κ1) is 20.7. The third-order valence-corrected chi connectivity index (χ3v) is 4.56. The summed E-state index contributed by atoms with van der Waals surface area (Å²) in [6.45, 7) is 0. The standard InChI is InChI=1S/C25H19FN4O2/c26-18-6-8-19(9-7-18)29-24-17(3-1-15-27-24)5-14-23(32)22-4-2-16-28-25(22)30-20-10-12-21(31)13-11-20/h1-16,31H,(H,27,29)(H,28,30). The summed E-state index contributed by atoms with van der Waals surface area (Å²) in [7, 11) is 0. The van der Waals surface area contributed by atoms with Gasteiger partial charge < -0.3 is 15.7 Å². The third-order valence-electron chi connectivity index (χ3n) is 4.56. The quantitative estimate of drug-likeness (QED) is 0.199. The van der Waals surface area contributed by atoms with E-state index in [1.165, 1.54) is 18.2 Å². The molecular formula is C25H19FN4O2. The van der Waals surface area contributed by atoms with Crippen LogP contribution in [0.3, 0.4) is 0 Å². The highest BCUT2D eigenvalue weighted by atomic mass is 19.1. The fourth-order valence-electron chi connectivity index (χ4n) is 2.97. The summed E-state index contributed by atoms with van der Waals surface area (Å²) in [4.78, 5) is 21.5. The van der Waals surface area contributed by atoms with Crippen LogP contribution in [0.25, 0.3) is 6.08 Å². The van der Waals surface area contributed by atoms with E-state index in [2.05, 4.69) is 20.6 Å². The van der Waals surface area contributed by atoms with Gasteiger partial charge in [-0.25, -0.2) is 14.4 Å². The summed E-state index contributed by atoms with van der Waals surface area (Å²) in [6.07, 6.45) is 6.34. The molecule has 0 amide bonds. The first-order valence-electron chi connectivity index (χ1n) is 9.79. The second-order valence-electron chi connectivity index (χ2n) is 6.84. The molecule has 4 aromatic rings. The number of phenols is 1. The molecule has 0 unspecified atom stereocenters. The Kier molecular flexibility index (Phi) is 6.17. The monoisotopic (exact) mass is 426 g/mol. The van der Waals surface area contributed by atoms with Crippen LogP contribution >= 0.6 is 0 Å². The number of aromatic hydroxyl groups is 1. The minimum atomic E-state index is -0.324. The number of halogens is 1. The molecule has 2 heterocycles. The molecule has 4 rings (SSSR count). The van der Waals surface area contributed by atoms with Gasteiger partial charge in [-0.2, -0.15) is 0 Å². The molecule has 32 heavy (non-hydrogen) atoms. The lowest BCUT2D eigenvalue weighted by molar-refractivity contribution is 0.104. The van der Waals surface area contributed by atoms with Crippen LogP contribution in [0.1, 0.15) is 15.9 Å². The number of carbonyl (C=O) groups is 1. The summed E-state index contributed by atoms with van der Waals surface area (Å²) < 4.78 is 13.2. The van der Waals surface area contributed by atoms with E-state index in [4.69, 9.17) is 0 Å². The maximum Gasteiger partial charge on any atom is 0.189 e. The predicted octanol–water partition coefficient (Wildman–Crippen LogP) is 5.70. The van der Waals surface area contributed by atoms with Crippen molar-refractivity contribution < 1.29 is 14.3 Å². The molecule has 0 aliphatic rings. The van der Waals surface area contributed by atoms with E-state index >= 15 is 0 Å². The second-order valence-corrected chi connectivity index (χ2v) is 6.84. The van der Waals surface area contributed by atoms with E-state index in [9.17, 15) is 14.3 Å². The molecule has 6 nitrogen and oxygen atoms in total.